The van der Waals surface area contributed by atoms with Crippen molar-refractivity contribution in [3.05, 3.63) is 86.3 Å². The number of rotatable bonds is 6. The Balaban J connectivity index is 1.22. The highest BCUT2D eigenvalue weighted by Gasteiger charge is 2.27. The van der Waals surface area contributed by atoms with Crippen molar-refractivity contribution in [3.63, 3.8) is 0 Å². The summed E-state index contributed by atoms with van der Waals surface area (Å²) in [4.78, 5) is 37.2. The molecular weight excluding hydrogens is 563 g/mol. The van der Waals surface area contributed by atoms with E-state index in [4.69, 9.17) is 0 Å². The van der Waals surface area contributed by atoms with Gasteiger partial charge >= 0.3 is 0 Å². The van der Waals surface area contributed by atoms with Crippen LogP contribution in [0.1, 0.15) is 58.6 Å². The minimum Gasteiger partial charge on any atom is -0.368 e. The van der Waals surface area contributed by atoms with Gasteiger partial charge in [-0.2, -0.15) is 0 Å². The van der Waals surface area contributed by atoms with Crippen LogP contribution >= 0.6 is 11.3 Å². The lowest BCUT2D eigenvalue weighted by atomic mass is 9.83. The molecule has 43 heavy (non-hydrogen) atoms. The number of thiophene rings is 1. The largest absolute Gasteiger partial charge is 0.368 e. The number of halogens is 1. The van der Waals surface area contributed by atoms with Gasteiger partial charge in [0.05, 0.1) is 22.4 Å². The Bertz CT molecular complexity index is 1680. The van der Waals surface area contributed by atoms with Gasteiger partial charge < -0.3 is 25.0 Å². The molecule has 1 aliphatic heterocycles. The van der Waals surface area contributed by atoms with Crippen LogP contribution in [0.4, 0.5) is 27.3 Å². The first-order valence-corrected chi connectivity index (χ1v) is 15.6. The number of aryl methyl sites for hydroxylation is 1. The van der Waals surface area contributed by atoms with Crippen LogP contribution < -0.4 is 21.1 Å². The summed E-state index contributed by atoms with van der Waals surface area (Å²) in [6.45, 7) is 8.29. The Morgan fingerprint density at radius 3 is 2.42 bits per heavy atom. The molecule has 4 heterocycles. The van der Waals surface area contributed by atoms with Crippen molar-refractivity contribution < 1.29 is 9.18 Å². The van der Waals surface area contributed by atoms with E-state index in [1.807, 2.05) is 24.4 Å². The summed E-state index contributed by atoms with van der Waals surface area (Å²) in [7, 11) is 3.80. The molecule has 224 valence electrons. The Morgan fingerprint density at radius 1 is 0.953 bits per heavy atom. The molecule has 0 bridgehead atoms. The number of nitrogens with one attached hydrogen (secondary N) is 2. The monoisotopic (exact) mass is 600 g/mol. The highest BCUT2D eigenvalue weighted by atomic mass is 32.1. The lowest BCUT2D eigenvalue weighted by Gasteiger charge is -2.33. The number of aromatic nitrogens is 2. The number of carbonyl (C=O) groups excluding carboxylic acids is 1. The molecule has 1 amide bonds. The molecule has 0 unspecified atom stereocenters. The number of carbonyl (C=O) groups is 1. The van der Waals surface area contributed by atoms with Gasteiger partial charge in [-0.05, 0) is 79.3 Å². The zero-order valence-electron chi connectivity index (χ0n) is 25.0. The topological polar surface area (TPSA) is 82.5 Å². The summed E-state index contributed by atoms with van der Waals surface area (Å²) in [6, 6.07) is 12.2. The van der Waals surface area contributed by atoms with E-state index in [1.54, 1.807) is 31.4 Å². The van der Waals surface area contributed by atoms with Crippen LogP contribution in [-0.2, 0) is 7.05 Å². The van der Waals surface area contributed by atoms with Crippen molar-refractivity contribution in [1.29, 1.82) is 0 Å². The van der Waals surface area contributed by atoms with Crippen LogP contribution in [0.5, 0.6) is 0 Å². The van der Waals surface area contributed by atoms with Crippen molar-refractivity contribution in [2.24, 2.45) is 7.05 Å². The van der Waals surface area contributed by atoms with Gasteiger partial charge in [-0.3, -0.25) is 9.59 Å². The molecule has 1 aliphatic carbocycles. The van der Waals surface area contributed by atoms with Gasteiger partial charge in [0.2, 0.25) is 0 Å². The molecule has 1 aromatic carbocycles. The van der Waals surface area contributed by atoms with Gasteiger partial charge in [0.25, 0.3) is 11.5 Å². The lowest BCUT2D eigenvalue weighted by molar-refractivity contribution is 0.103. The van der Waals surface area contributed by atoms with Crippen LogP contribution in [0.25, 0.3) is 11.1 Å². The maximum Gasteiger partial charge on any atom is 0.274 e. The Hall–Kier alpha value is -4.02. The number of likely N-dealkylation sites (N-methyl/N-ethyl adjacent to an activating group) is 1. The van der Waals surface area contributed by atoms with Crippen molar-refractivity contribution >= 4 is 40.1 Å². The normalized spacial score (nSPS) is 18.8. The Morgan fingerprint density at radius 2 is 1.70 bits per heavy atom. The minimum absolute atomic E-state index is 0.0968. The second kappa shape index (κ2) is 11.9. The van der Waals surface area contributed by atoms with Crippen LogP contribution in [-0.4, -0.2) is 53.6 Å². The predicted octanol–water partition coefficient (Wildman–Crippen LogP) is 6.40. The van der Waals surface area contributed by atoms with Crippen molar-refractivity contribution in [3.8, 4) is 11.1 Å². The maximum absolute atomic E-state index is 14.9. The van der Waals surface area contributed by atoms with Gasteiger partial charge in [-0.25, -0.2) is 9.37 Å². The number of hydrogen-bond donors (Lipinski definition) is 2. The Kier molecular flexibility index (Phi) is 8.07. The van der Waals surface area contributed by atoms with Crippen molar-refractivity contribution in [1.82, 2.24) is 14.5 Å². The van der Waals surface area contributed by atoms with E-state index >= 15 is 0 Å². The van der Waals surface area contributed by atoms with E-state index in [0.717, 1.165) is 44.7 Å². The zero-order valence-corrected chi connectivity index (χ0v) is 25.8. The molecule has 6 rings (SSSR count). The zero-order chi connectivity index (χ0) is 30.2. The summed E-state index contributed by atoms with van der Waals surface area (Å²) in [6.07, 6.45) is 5.74. The predicted molar refractivity (Wildman–Crippen MR) is 173 cm³/mol. The fraction of sp³-hybridized carbons (Fsp3) is 0.364. The summed E-state index contributed by atoms with van der Waals surface area (Å²) in [5, 5.41) is 5.94. The molecule has 2 atom stereocenters. The maximum atomic E-state index is 14.9. The molecule has 2 N–H and O–H groups in total. The van der Waals surface area contributed by atoms with E-state index in [0.29, 0.717) is 39.3 Å². The fourth-order valence-electron chi connectivity index (χ4n) is 5.88. The van der Waals surface area contributed by atoms with Crippen LogP contribution in [0.15, 0.2) is 59.7 Å². The first-order chi connectivity index (χ1) is 20.7. The third-order valence-electron chi connectivity index (χ3n) is 8.64. The second-order valence-electron chi connectivity index (χ2n) is 11.8. The first kappa shape index (κ1) is 29.1. The standard InChI is InChI=1S/C33H37FN6O2S/c1-20-5-6-21(2)31-25(20)17-29(43-31)32(41)37-27-15-22(7-9-26(27)34)23-16-28(33(42)39(4)19-23)36-30-10-8-24(18-35-30)40-13-11-38(3)12-14-40/h7-10,15-21H,5-6,11-14H2,1-4H3,(H,35,36)(H,37,41)/t20-,21+/m1/s1. The Labute approximate surface area is 255 Å². The highest BCUT2D eigenvalue weighted by molar-refractivity contribution is 7.14. The molecule has 2 aliphatic rings. The average Bonchev–Trinajstić information content (AvgIpc) is 3.47. The second-order valence-corrected chi connectivity index (χ2v) is 12.9. The van der Waals surface area contributed by atoms with E-state index < -0.39 is 5.82 Å². The minimum atomic E-state index is -0.520. The van der Waals surface area contributed by atoms with Gasteiger partial charge in [0.1, 0.15) is 17.3 Å². The third-order valence-corrected chi connectivity index (χ3v) is 10.0. The number of nitrogens with zero attached hydrogens (tertiary/aromatic N) is 4. The van der Waals surface area contributed by atoms with Crippen LogP contribution in [0.3, 0.4) is 0 Å². The molecule has 8 nitrogen and oxygen atoms in total. The van der Waals surface area contributed by atoms with E-state index in [2.05, 4.69) is 46.3 Å². The number of benzene rings is 1. The van der Waals surface area contributed by atoms with Crippen LogP contribution in [0.2, 0.25) is 0 Å². The molecule has 0 saturated carbocycles. The number of anilines is 4. The van der Waals surface area contributed by atoms with E-state index in [-0.39, 0.29) is 17.2 Å². The van der Waals surface area contributed by atoms with Gasteiger partial charge in [0.15, 0.2) is 0 Å². The SMILES string of the molecule is C[C@@H]1CC[C@H](C)c2sc(C(=O)Nc3cc(-c4cc(Nc5ccc(N6CCN(C)CC6)cn5)c(=O)n(C)c4)ccc3F)cc21. The van der Waals surface area contributed by atoms with Gasteiger partial charge in [-0.15, -0.1) is 11.3 Å². The summed E-state index contributed by atoms with van der Waals surface area (Å²) >= 11 is 1.50. The van der Waals surface area contributed by atoms with Crippen molar-refractivity contribution in [2.75, 3.05) is 48.8 Å². The first-order valence-electron chi connectivity index (χ1n) is 14.8. The molecular formula is C33H37FN6O2S. The number of hydrogen-bond acceptors (Lipinski definition) is 7. The molecule has 3 aromatic heterocycles. The van der Waals surface area contributed by atoms with Gasteiger partial charge in [-0.1, -0.05) is 19.9 Å². The molecule has 1 saturated heterocycles. The molecule has 0 spiro atoms. The van der Waals surface area contributed by atoms with E-state index in [1.165, 1.54) is 32.4 Å². The van der Waals surface area contributed by atoms with Crippen molar-refractivity contribution in [2.45, 2.75) is 38.5 Å². The average molecular weight is 601 g/mol. The summed E-state index contributed by atoms with van der Waals surface area (Å²) in [5.74, 6) is 0.565. The lowest BCUT2D eigenvalue weighted by Crippen LogP contribution is -2.44. The number of amides is 1. The molecule has 1 fully saturated rings. The number of pyridine rings is 2. The fourth-order valence-corrected chi connectivity index (χ4v) is 7.14. The summed E-state index contributed by atoms with van der Waals surface area (Å²) < 4.78 is 16.4. The number of fused-ring (bicyclic) bond motifs is 1. The smallest absolute Gasteiger partial charge is 0.274 e. The van der Waals surface area contributed by atoms with Crippen LogP contribution in [0, 0.1) is 5.82 Å². The molecule has 10 heteroatoms. The molecule has 4 aromatic rings. The van der Waals surface area contributed by atoms with Gasteiger partial charge in [0, 0.05) is 49.9 Å². The summed E-state index contributed by atoms with van der Waals surface area (Å²) in [5.41, 5.74) is 3.88. The molecule has 0 radical (unpaired) electrons. The third kappa shape index (κ3) is 6.07. The van der Waals surface area contributed by atoms with E-state index in [9.17, 15) is 14.0 Å². The highest BCUT2D eigenvalue weighted by Crippen LogP contribution is 2.43. The number of piperazine rings is 1. The quantitative estimate of drug-likeness (QED) is 0.267.